The van der Waals surface area contributed by atoms with Crippen molar-refractivity contribution in [2.45, 2.75) is 23.9 Å². The van der Waals surface area contributed by atoms with Crippen molar-refractivity contribution in [3.63, 3.8) is 0 Å². The molecule has 6 nitrogen and oxygen atoms in total. The summed E-state index contributed by atoms with van der Waals surface area (Å²) in [5.41, 5.74) is 2.74. The first-order chi connectivity index (χ1) is 15.5. The zero-order valence-corrected chi connectivity index (χ0v) is 19.0. The average Bonchev–Trinajstić information content (AvgIpc) is 3.38. The number of carbonyl (C=O) groups excluding carboxylic acids is 1. The van der Waals surface area contributed by atoms with Crippen LogP contribution in [0.4, 0.5) is 13.9 Å². The number of nitrogens with zero attached hydrogens (tertiary/aromatic N) is 3. The van der Waals surface area contributed by atoms with Crippen LogP contribution >= 0.6 is 23.1 Å². The van der Waals surface area contributed by atoms with Gasteiger partial charge in [0.1, 0.15) is 0 Å². The minimum atomic E-state index is -0.942. The normalized spacial score (nSPS) is 12.2. The summed E-state index contributed by atoms with van der Waals surface area (Å²) in [6.07, 6.45) is 0. The van der Waals surface area contributed by atoms with E-state index in [9.17, 15) is 13.6 Å². The van der Waals surface area contributed by atoms with Gasteiger partial charge in [-0.1, -0.05) is 23.9 Å². The van der Waals surface area contributed by atoms with E-state index in [0.29, 0.717) is 29.5 Å². The molecule has 4 rings (SSSR count). The first-order valence-corrected chi connectivity index (χ1v) is 11.5. The van der Waals surface area contributed by atoms with Gasteiger partial charge in [-0.15, -0.1) is 11.3 Å². The molecule has 0 saturated heterocycles. The predicted octanol–water partition coefficient (Wildman–Crippen LogP) is 5.20. The maximum atomic E-state index is 13.5. The Morgan fingerprint density at radius 3 is 2.81 bits per heavy atom. The third-order valence-corrected chi connectivity index (χ3v) is 6.59. The van der Waals surface area contributed by atoms with Crippen molar-refractivity contribution < 1.29 is 18.3 Å². The maximum Gasteiger partial charge on any atom is 0.239 e. The highest BCUT2D eigenvalue weighted by molar-refractivity contribution is 8.00. The van der Waals surface area contributed by atoms with E-state index in [1.54, 1.807) is 19.4 Å². The molecule has 0 radical (unpaired) electrons. The molecule has 0 fully saturated rings. The van der Waals surface area contributed by atoms with Crippen LogP contribution in [-0.4, -0.2) is 39.4 Å². The van der Waals surface area contributed by atoms with Gasteiger partial charge in [-0.2, -0.15) is 0 Å². The quantitative estimate of drug-likeness (QED) is 0.355. The number of fused-ring (bicyclic) bond motifs is 1. The number of benzene rings is 2. The lowest BCUT2D eigenvalue weighted by Crippen LogP contribution is -2.23. The zero-order valence-electron chi connectivity index (χ0n) is 17.3. The van der Waals surface area contributed by atoms with Crippen molar-refractivity contribution in [2.75, 3.05) is 19.0 Å². The van der Waals surface area contributed by atoms with Crippen LogP contribution in [0.3, 0.4) is 0 Å². The van der Waals surface area contributed by atoms with E-state index in [1.165, 1.54) is 29.2 Å². The molecular weight excluding hydrogens is 454 g/mol. The van der Waals surface area contributed by atoms with Gasteiger partial charge in [0, 0.05) is 24.6 Å². The molecule has 4 aromatic rings. The van der Waals surface area contributed by atoms with Crippen LogP contribution < -0.4 is 5.32 Å². The van der Waals surface area contributed by atoms with E-state index in [1.807, 2.05) is 28.8 Å². The van der Waals surface area contributed by atoms with Gasteiger partial charge in [0.15, 0.2) is 21.9 Å². The molecule has 1 atom stereocenters. The molecule has 0 saturated carbocycles. The van der Waals surface area contributed by atoms with Crippen LogP contribution in [0.5, 0.6) is 0 Å². The average molecular weight is 475 g/mol. The summed E-state index contributed by atoms with van der Waals surface area (Å²) >= 11 is 2.57. The second kappa shape index (κ2) is 9.76. The fraction of sp³-hybridized carbons (Fsp3) is 0.227. The number of halogens is 2. The largest absolute Gasteiger partial charge is 0.383 e. The number of aromatic nitrogens is 3. The number of thioether (sulfide) groups is 1. The Labute approximate surface area is 191 Å². The second-order valence-corrected chi connectivity index (χ2v) is 9.11. The van der Waals surface area contributed by atoms with E-state index in [0.717, 1.165) is 28.3 Å². The van der Waals surface area contributed by atoms with Crippen molar-refractivity contribution in [1.29, 1.82) is 0 Å². The van der Waals surface area contributed by atoms with Gasteiger partial charge in [-0.25, -0.2) is 18.7 Å². The van der Waals surface area contributed by atoms with E-state index in [2.05, 4.69) is 15.3 Å². The van der Waals surface area contributed by atoms with Gasteiger partial charge in [-0.05, 0) is 37.3 Å². The second-order valence-electron chi connectivity index (χ2n) is 6.94. The Morgan fingerprint density at radius 1 is 1.22 bits per heavy atom. The summed E-state index contributed by atoms with van der Waals surface area (Å²) in [4.78, 5) is 21.8. The Kier molecular flexibility index (Phi) is 6.83. The number of imidazole rings is 1. The highest BCUT2D eigenvalue weighted by Gasteiger charge is 2.20. The molecule has 32 heavy (non-hydrogen) atoms. The molecule has 0 aliphatic carbocycles. The minimum Gasteiger partial charge on any atom is -0.383 e. The molecule has 10 heteroatoms. The first-order valence-electron chi connectivity index (χ1n) is 9.79. The molecule has 0 aliphatic rings. The van der Waals surface area contributed by atoms with Gasteiger partial charge >= 0.3 is 0 Å². The van der Waals surface area contributed by atoms with Crippen LogP contribution in [0.2, 0.25) is 0 Å². The number of para-hydroxylation sites is 2. The smallest absolute Gasteiger partial charge is 0.239 e. The monoisotopic (exact) mass is 474 g/mol. The fourth-order valence-electron chi connectivity index (χ4n) is 3.08. The molecule has 2 aromatic heterocycles. The van der Waals surface area contributed by atoms with E-state index in [-0.39, 0.29) is 5.91 Å². The summed E-state index contributed by atoms with van der Waals surface area (Å²) in [5.74, 6) is -2.09. The Bertz CT molecular complexity index is 1260. The number of hydrogen-bond acceptors (Lipinski definition) is 6. The van der Waals surface area contributed by atoms with Crippen molar-refractivity contribution in [3.05, 3.63) is 59.5 Å². The van der Waals surface area contributed by atoms with Gasteiger partial charge in [0.05, 0.1) is 28.6 Å². The highest BCUT2D eigenvalue weighted by Crippen LogP contribution is 2.30. The number of anilines is 1. The van der Waals surface area contributed by atoms with Gasteiger partial charge in [0.2, 0.25) is 5.91 Å². The predicted molar refractivity (Wildman–Crippen MR) is 123 cm³/mol. The standard InChI is InChI=1S/C22H20F2N4O2S2/c1-13(32-22-26-17-5-3-4-6-19(17)28(22)9-10-30-2)20(29)27-21-25-18(12-31-21)14-7-8-15(23)16(24)11-14/h3-8,11-13H,9-10H2,1-2H3,(H,25,27,29)/t13-/m1/s1. The van der Waals surface area contributed by atoms with Gasteiger partial charge in [0.25, 0.3) is 0 Å². The number of nitrogens with one attached hydrogen (secondary N) is 1. The zero-order chi connectivity index (χ0) is 22.7. The Hall–Kier alpha value is -2.82. The van der Waals surface area contributed by atoms with Crippen LogP contribution in [0.15, 0.2) is 53.0 Å². The van der Waals surface area contributed by atoms with Crippen LogP contribution in [0, 0.1) is 11.6 Å². The number of amides is 1. The molecule has 1 N–H and O–H groups in total. The molecular formula is C22H20F2N4O2S2. The SMILES string of the molecule is COCCn1c(S[C@H](C)C(=O)Nc2nc(-c3ccc(F)c(F)c3)cs2)nc2ccccc21. The molecule has 1 amide bonds. The number of hydrogen-bond donors (Lipinski definition) is 1. The molecule has 166 valence electrons. The molecule has 2 aromatic carbocycles. The lowest BCUT2D eigenvalue weighted by Gasteiger charge is -2.12. The van der Waals surface area contributed by atoms with E-state index >= 15 is 0 Å². The summed E-state index contributed by atoms with van der Waals surface area (Å²) in [6, 6.07) is 11.4. The minimum absolute atomic E-state index is 0.230. The third-order valence-electron chi connectivity index (χ3n) is 4.74. The molecule has 0 spiro atoms. The highest BCUT2D eigenvalue weighted by atomic mass is 32.2. The molecule has 0 unspecified atom stereocenters. The summed E-state index contributed by atoms with van der Waals surface area (Å²) in [5, 5.41) is 5.15. The molecule has 0 aliphatic heterocycles. The van der Waals surface area contributed by atoms with Crippen LogP contribution in [-0.2, 0) is 16.1 Å². The maximum absolute atomic E-state index is 13.5. The first kappa shape index (κ1) is 22.4. The number of methoxy groups -OCH3 is 1. The summed E-state index contributed by atoms with van der Waals surface area (Å²) in [6.45, 7) is 2.95. The number of rotatable bonds is 8. The van der Waals surface area contributed by atoms with Crippen molar-refractivity contribution in [3.8, 4) is 11.3 Å². The fourth-order valence-corrected chi connectivity index (χ4v) is 4.75. The lowest BCUT2D eigenvalue weighted by atomic mass is 10.2. The Balaban J connectivity index is 1.47. The van der Waals surface area contributed by atoms with Gasteiger partial charge in [-0.3, -0.25) is 4.79 Å². The summed E-state index contributed by atoms with van der Waals surface area (Å²) in [7, 11) is 1.64. The number of ether oxygens (including phenoxy) is 1. The van der Waals surface area contributed by atoms with E-state index < -0.39 is 16.9 Å². The number of carbonyl (C=O) groups is 1. The number of thiazole rings is 1. The van der Waals surface area contributed by atoms with Crippen molar-refractivity contribution in [2.24, 2.45) is 0 Å². The lowest BCUT2D eigenvalue weighted by molar-refractivity contribution is -0.115. The van der Waals surface area contributed by atoms with Crippen LogP contribution in [0.25, 0.3) is 22.3 Å². The van der Waals surface area contributed by atoms with Gasteiger partial charge < -0.3 is 14.6 Å². The van der Waals surface area contributed by atoms with Crippen molar-refractivity contribution >= 4 is 45.2 Å². The Morgan fingerprint density at radius 2 is 2.03 bits per heavy atom. The molecule has 2 heterocycles. The van der Waals surface area contributed by atoms with Crippen LogP contribution in [0.1, 0.15) is 6.92 Å². The summed E-state index contributed by atoms with van der Waals surface area (Å²) < 4.78 is 33.9. The molecule has 0 bridgehead atoms. The van der Waals surface area contributed by atoms with Crippen molar-refractivity contribution in [1.82, 2.24) is 14.5 Å². The third kappa shape index (κ3) is 4.82. The van der Waals surface area contributed by atoms with E-state index in [4.69, 9.17) is 4.74 Å². The topological polar surface area (TPSA) is 69.0 Å².